The molecule has 0 aromatic carbocycles. The number of anilines is 1. The van der Waals surface area contributed by atoms with Crippen LogP contribution < -0.4 is 11.1 Å². The van der Waals surface area contributed by atoms with Crippen LogP contribution in [0.1, 0.15) is 45.0 Å². The molecular formula is C19H25N5O2S. The molecule has 0 unspecified atom stereocenters. The molecule has 1 saturated heterocycles. The quantitative estimate of drug-likeness (QED) is 0.842. The van der Waals surface area contributed by atoms with Gasteiger partial charge in [0.05, 0.1) is 10.6 Å². The highest BCUT2D eigenvalue weighted by Gasteiger charge is 2.33. The van der Waals surface area contributed by atoms with Crippen LogP contribution in [0.15, 0.2) is 18.3 Å². The Morgan fingerprint density at radius 3 is 2.85 bits per heavy atom. The summed E-state index contributed by atoms with van der Waals surface area (Å²) in [7, 11) is 0. The maximum Gasteiger partial charge on any atom is 0.324 e. The molecule has 0 saturated carbocycles. The molecule has 0 radical (unpaired) electrons. The Bertz CT molecular complexity index is 871. The third-order valence-electron chi connectivity index (χ3n) is 4.64. The predicted molar refractivity (Wildman–Crippen MR) is 107 cm³/mol. The maximum absolute atomic E-state index is 12.5. The van der Waals surface area contributed by atoms with E-state index in [0.717, 1.165) is 28.2 Å². The lowest BCUT2D eigenvalue weighted by Gasteiger charge is -2.21. The number of rotatable bonds is 3. The van der Waals surface area contributed by atoms with Crippen LogP contribution in [0.4, 0.5) is 9.93 Å². The molecule has 3 rings (SSSR count). The van der Waals surface area contributed by atoms with Gasteiger partial charge in [0, 0.05) is 23.9 Å². The molecule has 7 nitrogen and oxygen atoms in total. The fourth-order valence-electron chi connectivity index (χ4n) is 3.17. The number of nitrogens with one attached hydrogen (secondary N) is 1. The van der Waals surface area contributed by atoms with E-state index in [1.807, 2.05) is 13.0 Å². The normalized spacial score (nSPS) is 17.2. The number of aryl methyl sites for hydroxylation is 1. The Balaban J connectivity index is 1.81. The summed E-state index contributed by atoms with van der Waals surface area (Å²) >= 11 is 1.41. The molecule has 0 spiro atoms. The van der Waals surface area contributed by atoms with Crippen molar-refractivity contribution in [1.29, 1.82) is 0 Å². The standard InChI is InChI=1S/C19H25N5O2S/c1-11-15(12-7-8-21-14(10-12)19(2,3)4)27-17(22-11)23-18(26)24-9-5-6-13(24)16(20)25/h7-8,10,13H,5-6,9H2,1-4H3,(H2,20,25)(H,22,23,26)/t13-/m0/s1/i25+1. The van der Waals surface area contributed by atoms with E-state index >= 15 is 0 Å². The number of nitrogens with zero attached hydrogens (tertiary/aromatic N) is 3. The number of primary amides is 1. The number of carbonyl (C=O) groups excluding carboxylic acids is 2. The second kappa shape index (κ2) is 7.26. The van der Waals surface area contributed by atoms with Crippen molar-refractivity contribution in [3.63, 3.8) is 0 Å². The minimum atomic E-state index is -0.542. The van der Waals surface area contributed by atoms with Gasteiger partial charge < -0.3 is 10.6 Å². The van der Waals surface area contributed by atoms with E-state index in [-0.39, 0.29) is 11.4 Å². The topological polar surface area (TPSA) is 101 Å². The zero-order valence-electron chi connectivity index (χ0n) is 16.1. The second-order valence-electron chi connectivity index (χ2n) is 7.80. The highest BCUT2D eigenvalue weighted by molar-refractivity contribution is 7.19. The SMILES string of the molecule is Cc1nc(NC(=O)N2CCC[C@H]2C(N)=[17O])sc1-c1ccnc(C(C)(C)C)c1. The summed E-state index contributed by atoms with van der Waals surface area (Å²) in [4.78, 5) is 35.5. The lowest BCUT2D eigenvalue weighted by atomic mass is 9.90. The first-order chi connectivity index (χ1) is 12.7. The van der Waals surface area contributed by atoms with E-state index in [9.17, 15) is 9.59 Å². The molecule has 1 aliphatic heterocycles. The number of thiazole rings is 1. The smallest absolute Gasteiger partial charge is 0.324 e. The van der Waals surface area contributed by atoms with Gasteiger partial charge in [0.15, 0.2) is 5.13 Å². The summed E-state index contributed by atoms with van der Waals surface area (Å²) in [5.41, 5.74) is 8.21. The number of aromatic nitrogens is 2. The number of likely N-dealkylation sites (tertiary alicyclic amines) is 1. The molecular weight excluding hydrogens is 363 g/mol. The number of carbonyl (C=O) groups is 2. The van der Waals surface area contributed by atoms with E-state index in [1.165, 1.54) is 16.2 Å². The number of hydrogen-bond acceptors (Lipinski definition) is 5. The molecule has 1 aliphatic rings. The molecule has 3 N–H and O–H groups in total. The number of amides is 3. The Labute approximate surface area is 163 Å². The van der Waals surface area contributed by atoms with E-state index in [0.29, 0.717) is 18.1 Å². The second-order valence-corrected chi connectivity index (χ2v) is 8.80. The molecule has 0 bridgehead atoms. The Morgan fingerprint density at radius 1 is 1.44 bits per heavy atom. The summed E-state index contributed by atoms with van der Waals surface area (Å²) in [5.74, 6) is -0.467. The average Bonchev–Trinajstić information content (AvgIpc) is 3.21. The number of pyridine rings is 1. The van der Waals surface area contributed by atoms with E-state index in [1.54, 1.807) is 6.20 Å². The maximum atomic E-state index is 12.5. The van der Waals surface area contributed by atoms with Gasteiger partial charge in [0.2, 0.25) is 5.91 Å². The van der Waals surface area contributed by atoms with Gasteiger partial charge in [-0.25, -0.2) is 9.78 Å². The summed E-state index contributed by atoms with van der Waals surface area (Å²) < 4.78 is 0. The zero-order chi connectivity index (χ0) is 19.8. The van der Waals surface area contributed by atoms with Crippen molar-refractivity contribution in [3.05, 3.63) is 29.7 Å². The molecule has 8 heteroatoms. The minimum absolute atomic E-state index is 0.0504. The molecule has 1 fully saturated rings. The molecule has 2 aromatic heterocycles. The van der Waals surface area contributed by atoms with Gasteiger partial charge >= 0.3 is 6.03 Å². The summed E-state index contributed by atoms with van der Waals surface area (Å²) in [6.07, 6.45) is 3.18. The fourth-order valence-corrected chi connectivity index (χ4v) is 4.12. The molecule has 144 valence electrons. The number of urea groups is 1. The molecule has 3 heterocycles. The number of nitrogens with two attached hydrogens (primary N) is 1. The van der Waals surface area contributed by atoms with Gasteiger partial charge in [-0.2, -0.15) is 0 Å². The van der Waals surface area contributed by atoms with Crippen LogP contribution in [-0.4, -0.2) is 39.4 Å². The highest BCUT2D eigenvalue weighted by atomic mass is 32.1. The van der Waals surface area contributed by atoms with Crippen molar-refractivity contribution in [2.24, 2.45) is 5.73 Å². The van der Waals surface area contributed by atoms with Crippen LogP contribution in [0.25, 0.3) is 10.4 Å². The van der Waals surface area contributed by atoms with Gasteiger partial charge in [-0.3, -0.25) is 15.1 Å². The van der Waals surface area contributed by atoms with Crippen LogP contribution in [0.3, 0.4) is 0 Å². The first kappa shape index (κ1) is 19.3. The predicted octanol–water partition coefficient (Wildman–Crippen LogP) is 3.29. The van der Waals surface area contributed by atoms with Crippen LogP contribution >= 0.6 is 11.3 Å². The van der Waals surface area contributed by atoms with Crippen molar-refractivity contribution < 1.29 is 9.59 Å². The first-order valence-electron chi connectivity index (χ1n) is 8.98. The fraction of sp³-hybridized carbons (Fsp3) is 0.474. The van der Waals surface area contributed by atoms with Crippen LogP contribution in [0, 0.1) is 6.92 Å². The van der Waals surface area contributed by atoms with Crippen LogP contribution in [0.2, 0.25) is 0 Å². The Morgan fingerprint density at radius 2 is 2.19 bits per heavy atom. The molecule has 1 atom stereocenters. The highest BCUT2D eigenvalue weighted by Crippen LogP contribution is 2.34. The van der Waals surface area contributed by atoms with Crippen LogP contribution in [-0.2, 0) is 10.2 Å². The summed E-state index contributed by atoms with van der Waals surface area (Å²) in [5, 5.41) is 3.33. The number of hydrogen-bond donors (Lipinski definition) is 2. The van der Waals surface area contributed by atoms with Gasteiger partial charge in [0.25, 0.3) is 0 Å². The zero-order valence-corrected chi connectivity index (χ0v) is 16.9. The van der Waals surface area contributed by atoms with Crippen molar-refractivity contribution in [2.45, 2.75) is 52.0 Å². The lowest BCUT2D eigenvalue weighted by molar-refractivity contribution is -0.121. The van der Waals surface area contributed by atoms with Crippen molar-refractivity contribution in [1.82, 2.24) is 14.9 Å². The minimum Gasteiger partial charge on any atom is -0.368 e. The van der Waals surface area contributed by atoms with Crippen molar-refractivity contribution in [3.8, 4) is 10.4 Å². The van der Waals surface area contributed by atoms with Crippen LogP contribution in [0.5, 0.6) is 0 Å². The van der Waals surface area contributed by atoms with E-state index in [2.05, 4.69) is 42.1 Å². The van der Waals surface area contributed by atoms with Gasteiger partial charge in [-0.05, 0) is 37.5 Å². The average molecular weight is 389 g/mol. The molecule has 0 aliphatic carbocycles. The largest absolute Gasteiger partial charge is 0.368 e. The monoisotopic (exact) mass is 388 g/mol. The first-order valence-corrected chi connectivity index (χ1v) is 9.80. The van der Waals surface area contributed by atoms with Gasteiger partial charge in [0.1, 0.15) is 6.04 Å². The summed E-state index contributed by atoms with van der Waals surface area (Å²) in [6.45, 7) is 8.80. The van der Waals surface area contributed by atoms with E-state index < -0.39 is 11.9 Å². The molecule has 3 amide bonds. The third kappa shape index (κ3) is 4.10. The molecule has 2 aromatic rings. The van der Waals surface area contributed by atoms with Crippen molar-refractivity contribution >= 4 is 28.4 Å². The van der Waals surface area contributed by atoms with E-state index in [4.69, 9.17) is 5.73 Å². The third-order valence-corrected chi connectivity index (χ3v) is 5.77. The molecule has 27 heavy (non-hydrogen) atoms. The Hall–Kier alpha value is -2.48. The Kier molecular flexibility index (Phi) is 5.19. The summed E-state index contributed by atoms with van der Waals surface area (Å²) in [6, 6.07) is 3.14. The van der Waals surface area contributed by atoms with Crippen molar-refractivity contribution in [2.75, 3.05) is 11.9 Å². The van der Waals surface area contributed by atoms with Gasteiger partial charge in [-0.1, -0.05) is 32.1 Å². The lowest BCUT2D eigenvalue weighted by Crippen LogP contribution is -2.45. The van der Waals surface area contributed by atoms with Gasteiger partial charge in [-0.15, -0.1) is 0 Å².